The molecule has 1 heterocycles. The Labute approximate surface area is 188 Å². The second kappa shape index (κ2) is 11.2. The molecule has 0 unspecified atom stereocenters. The van der Waals surface area contributed by atoms with Gasteiger partial charge in [-0.2, -0.15) is 0 Å². The summed E-state index contributed by atoms with van der Waals surface area (Å²) in [6.45, 7) is 3.08. The zero-order valence-corrected chi connectivity index (χ0v) is 18.7. The summed E-state index contributed by atoms with van der Waals surface area (Å²) in [5, 5.41) is 2.83. The van der Waals surface area contributed by atoms with Crippen molar-refractivity contribution in [3.8, 4) is 11.5 Å². The van der Waals surface area contributed by atoms with Crippen molar-refractivity contribution in [2.75, 3.05) is 64.3 Å². The molecule has 1 aliphatic rings. The first-order valence-corrected chi connectivity index (χ1v) is 10.4. The lowest BCUT2D eigenvalue weighted by Crippen LogP contribution is -2.36. The second-order valence-corrected chi connectivity index (χ2v) is 7.33. The molecule has 8 nitrogen and oxygen atoms in total. The Balaban J connectivity index is 1.53. The molecule has 0 atom stereocenters. The second-order valence-electron chi connectivity index (χ2n) is 7.33. The van der Waals surface area contributed by atoms with Crippen molar-refractivity contribution in [3.05, 3.63) is 54.1 Å². The third-order valence-electron chi connectivity index (χ3n) is 5.13. The number of carbonyl (C=O) groups excluding carboxylic acids is 2. The standard InChI is InChI=1S/C24H29N3O5/c1-26(24(29)11-4-18-16-21(30-2)9-10-22(18)31-3)17-23(28)25-19-5-7-20(8-6-19)27-12-14-32-15-13-27/h4-11,16H,12-15,17H2,1-3H3,(H,25,28). The Morgan fingerprint density at radius 3 is 2.47 bits per heavy atom. The normalized spacial score (nSPS) is 13.7. The number of carbonyl (C=O) groups is 2. The van der Waals surface area contributed by atoms with Gasteiger partial charge in [-0.05, 0) is 48.5 Å². The smallest absolute Gasteiger partial charge is 0.246 e. The van der Waals surface area contributed by atoms with Crippen molar-refractivity contribution in [2.24, 2.45) is 0 Å². The molecule has 1 aliphatic heterocycles. The van der Waals surface area contributed by atoms with E-state index in [1.54, 1.807) is 45.5 Å². The van der Waals surface area contributed by atoms with Gasteiger partial charge in [0.15, 0.2) is 0 Å². The van der Waals surface area contributed by atoms with Crippen molar-refractivity contribution in [1.82, 2.24) is 4.90 Å². The van der Waals surface area contributed by atoms with E-state index in [2.05, 4.69) is 10.2 Å². The zero-order chi connectivity index (χ0) is 22.9. The number of anilines is 2. The van der Waals surface area contributed by atoms with Gasteiger partial charge in [0.25, 0.3) is 0 Å². The minimum absolute atomic E-state index is 0.0658. The summed E-state index contributed by atoms with van der Waals surface area (Å²) in [6, 6.07) is 13.0. The Hall–Kier alpha value is -3.52. The maximum Gasteiger partial charge on any atom is 0.246 e. The van der Waals surface area contributed by atoms with Crippen LogP contribution in [0.5, 0.6) is 11.5 Å². The number of hydrogen-bond donors (Lipinski definition) is 1. The summed E-state index contributed by atoms with van der Waals surface area (Å²) < 4.78 is 15.9. The summed E-state index contributed by atoms with van der Waals surface area (Å²) in [5.74, 6) is 0.709. The van der Waals surface area contributed by atoms with E-state index in [0.717, 1.165) is 32.0 Å². The van der Waals surface area contributed by atoms with Crippen molar-refractivity contribution < 1.29 is 23.8 Å². The van der Waals surface area contributed by atoms with Gasteiger partial charge in [0.2, 0.25) is 11.8 Å². The Morgan fingerprint density at radius 1 is 1.09 bits per heavy atom. The molecule has 2 amide bonds. The van der Waals surface area contributed by atoms with Gasteiger partial charge in [-0.3, -0.25) is 9.59 Å². The van der Waals surface area contributed by atoms with Crippen LogP contribution in [0.1, 0.15) is 5.56 Å². The Kier molecular flexibility index (Phi) is 8.10. The van der Waals surface area contributed by atoms with Gasteiger partial charge in [-0.1, -0.05) is 0 Å². The minimum Gasteiger partial charge on any atom is -0.497 e. The highest BCUT2D eigenvalue weighted by atomic mass is 16.5. The predicted molar refractivity (Wildman–Crippen MR) is 124 cm³/mol. The molecule has 0 bridgehead atoms. The van der Waals surface area contributed by atoms with Crippen LogP contribution in [0.2, 0.25) is 0 Å². The van der Waals surface area contributed by atoms with Crippen LogP contribution in [0.4, 0.5) is 11.4 Å². The molecule has 2 aromatic carbocycles. The average molecular weight is 440 g/mol. The third-order valence-corrected chi connectivity index (χ3v) is 5.13. The average Bonchev–Trinajstić information content (AvgIpc) is 2.83. The summed E-state index contributed by atoms with van der Waals surface area (Å²) >= 11 is 0. The van der Waals surface area contributed by atoms with E-state index in [-0.39, 0.29) is 18.4 Å². The Morgan fingerprint density at radius 2 is 1.81 bits per heavy atom. The van der Waals surface area contributed by atoms with Gasteiger partial charge in [0.1, 0.15) is 11.5 Å². The maximum atomic E-state index is 12.4. The van der Waals surface area contributed by atoms with Gasteiger partial charge < -0.3 is 29.3 Å². The lowest BCUT2D eigenvalue weighted by Gasteiger charge is -2.28. The number of methoxy groups -OCH3 is 2. The summed E-state index contributed by atoms with van der Waals surface area (Å²) in [7, 11) is 4.71. The van der Waals surface area contributed by atoms with E-state index < -0.39 is 0 Å². The predicted octanol–water partition coefficient (Wildman–Crippen LogP) is 2.65. The van der Waals surface area contributed by atoms with Gasteiger partial charge in [-0.25, -0.2) is 0 Å². The number of hydrogen-bond acceptors (Lipinski definition) is 6. The van der Waals surface area contributed by atoms with E-state index in [0.29, 0.717) is 22.7 Å². The fourth-order valence-electron chi connectivity index (χ4n) is 3.33. The van der Waals surface area contributed by atoms with Crippen LogP contribution in [-0.2, 0) is 14.3 Å². The molecule has 0 aromatic heterocycles. The van der Waals surface area contributed by atoms with Crippen LogP contribution in [0.15, 0.2) is 48.5 Å². The SMILES string of the molecule is COc1ccc(OC)c(C=CC(=O)N(C)CC(=O)Nc2ccc(N3CCOCC3)cc2)c1. The molecular weight excluding hydrogens is 410 g/mol. The van der Waals surface area contributed by atoms with Gasteiger partial charge >= 0.3 is 0 Å². The number of likely N-dealkylation sites (N-methyl/N-ethyl adjacent to an activating group) is 1. The maximum absolute atomic E-state index is 12.4. The number of amides is 2. The number of benzene rings is 2. The van der Waals surface area contributed by atoms with E-state index in [9.17, 15) is 9.59 Å². The molecule has 0 saturated carbocycles. The molecule has 3 rings (SSSR count). The summed E-state index contributed by atoms with van der Waals surface area (Å²) in [6.07, 6.45) is 3.05. The zero-order valence-electron chi connectivity index (χ0n) is 18.7. The topological polar surface area (TPSA) is 80.3 Å². The van der Waals surface area contributed by atoms with Gasteiger partial charge in [0, 0.05) is 43.2 Å². The van der Waals surface area contributed by atoms with Crippen LogP contribution in [-0.4, -0.2) is 70.8 Å². The summed E-state index contributed by atoms with van der Waals surface area (Å²) in [5.41, 5.74) is 2.49. The van der Waals surface area contributed by atoms with Gasteiger partial charge in [0.05, 0.1) is 34.0 Å². The van der Waals surface area contributed by atoms with Crippen LogP contribution < -0.4 is 19.7 Å². The number of morpholine rings is 1. The number of rotatable bonds is 8. The molecule has 1 N–H and O–H groups in total. The van der Waals surface area contributed by atoms with Crippen LogP contribution in [0.3, 0.4) is 0 Å². The molecule has 1 saturated heterocycles. The van der Waals surface area contributed by atoms with E-state index >= 15 is 0 Å². The quantitative estimate of drug-likeness (QED) is 0.637. The minimum atomic E-state index is -0.298. The first kappa shape index (κ1) is 23.1. The third kappa shape index (κ3) is 6.24. The molecule has 0 aliphatic carbocycles. The number of nitrogens with zero attached hydrogens (tertiary/aromatic N) is 2. The van der Waals surface area contributed by atoms with Crippen molar-refractivity contribution in [1.29, 1.82) is 0 Å². The van der Waals surface area contributed by atoms with Crippen LogP contribution >= 0.6 is 0 Å². The monoisotopic (exact) mass is 439 g/mol. The fraction of sp³-hybridized carbons (Fsp3) is 0.333. The lowest BCUT2D eigenvalue weighted by molar-refractivity contribution is -0.129. The molecule has 1 fully saturated rings. The van der Waals surface area contributed by atoms with Crippen molar-refractivity contribution in [3.63, 3.8) is 0 Å². The van der Waals surface area contributed by atoms with Crippen LogP contribution in [0.25, 0.3) is 6.08 Å². The highest BCUT2D eigenvalue weighted by Crippen LogP contribution is 2.25. The van der Waals surface area contributed by atoms with E-state index in [1.165, 1.54) is 11.0 Å². The highest BCUT2D eigenvalue weighted by Gasteiger charge is 2.13. The highest BCUT2D eigenvalue weighted by molar-refractivity contribution is 5.98. The molecule has 0 spiro atoms. The molecule has 170 valence electrons. The first-order chi connectivity index (χ1) is 15.5. The number of nitrogens with one attached hydrogen (secondary N) is 1. The van der Waals surface area contributed by atoms with Gasteiger partial charge in [-0.15, -0.1) is 0 Å². The first-order valence-electron chi connectivity index (χ1n) is 10.4. The van der Waals surface area contributed by atoms with Crippen LogP contribution in [0, 0.1) is 0 Å². The molecular formula is C24H29N3O5. The molecule has 2 aromatic rings. The fourth-order valence-corrected chi connectivity index (χ4v) is 3.33. The largest absolute Gasteiger partial charge is 0.497 e. The molecule has 32 heavy (non-hydrogen) atoms. The van der Waals surface area contributed by atoms with Crippen molar-refractivity contribution >= 4 is 29.3 Å². The number of ether oxygens (including phenoxy) is 3. The molecule has 0 radical (unpaired) electrons. The van der Waals surface area contributed by atoms with E-state index in [1.807, 2.05) is 24.3 Å². The lowest BCUT2D eigenvalue weighted by atomic mass is 10.1. The van der Waals surface area contributed by atoms with E-state index in [4.69, 9.17) is 14.2 Å². The molecule has 8 heteroatoms. The van der Waals surface area contributed by atoms with Crippen molar-refractivity contribution in [2.45, 2.75) is 0 Å². The Bertz CT molecular complexity index is 953. The summed E-state index contributed by atoms with van der Waals surface area (Å²) in [4.78, 5) is 28.4.